The number of unbranched alkanes of at least 4 members (excludes halogenated alkanes) is 40. The van der Waals surface area contributed by atoms with Crippen molar-refractivity contribution in [2.75, 3.05) is 78.7 Å². The maximum Gasteiger partial charge on any atom is 0.251 e. The number of nitrogens with one attached hydrogen (secondary N) is 4. The van der Waals surface area contributed by atoms with Crippen LogP contribution < -0.4 is 27.0 Å². The summed E-state index contributed by atoms with van der Waals surface area (Å²) in [6.45, 7) is 13.5. The third-order valence-electron chi connectivity index (χ3n) is 17.6. The number of carbonyl (C=O) groups excluding carboxylic acids is 3. The number of aliphatic imine (C=N–C) groups is 3. The van der Waals surface area contributed by atoms with Crippen molar-refractivity contribution in [1.82, 2.24) is 21.3 Å². The number of nitrogens with zero attached hydrogens (tertiary/aromatic N) is 3. The lowest BCUT2D eigenvalue weighted by atomic mass is 10.0. The van der Waals surface area contributed by atoms with Gasteiger partial charge < -0.3 is 41.2 Å². The molecule has 0 saturated heterocycles. The van der Waals surface area contributed by atoms with Gasteiger partial charge in [0, 0.05) is 61.3 Å². The number of carbonyl (C=O) groups is 3. The number of rotatable bonds is 58. The SMILES string of the molecule is CCCCCCCCCCCCCCCCCCNC(=O)CCCCCCCCN.CCCCCCCCCCCCCCCCCCNC(=O)CCCCCCCCNCCNC(=O)c1cccc(C2=NCCO2)c1.c1cc(C2=NCCO2)cc(C2=NCCO2)c1. The normalized spacial score (nSPS) is 13.2. The van der Waals surface area contributed by atoms with Crippen LogP contribution in [-0.2, 0) is 23.8 Å². The van der Waals surface area contributed by atoms with Crippen LogP contribution in [0.4, 0.5) is 0 Å². The van der Waals surface area contributed by atoms with Crippen molar-refractivity contribution in [1.29, 1.82) is 0 Å². The molecule has 0 radical (unpaired) electrons. The third kappa shape index (κ3) is 46.3. The number of ether oxygens (including phenoxy) is 3. The van der Waals surface area contributed by atoms with E-state index in [2.05, 4.69) is 50.1 Å². The molecular formula is C78H136N8O6. The van der Waals surface area contributed by atoms with Crippen molar-refractivity contribution >= 4 is 35.4 Å². The van der Waals surface area contributed by atoms with Gasteiger partial charge in [0.15, 0.2) is 0 Å². The second kappa shape index (κ2) is 61.1. The average molecular weight is 1280 g/mol. The first-order valence-corrected chi connectivity index (χ1v) is 38.4. The first-order valence-electron chi connectivity index (χ1n) is 38.4. The molecule has 3 aliphatic rings. The minimum Gasteiger partial charge on any atom is -0.476 e. The lowest BCUT2D eigenvalue weighted by Crippen LogP contribution is -2.32. The molecule has 0 aromatic heterocycles. The van der Waals surface area contributed by atoms with Crippen LogP contribution in [0.1, 0.15) is 336 Å². The first-order chi connectivity index (χ1) is 45.4. The highest BCUT2D eigenvalue weighted by Gasteiger charge is 2.16. The molecule has 14 nitrogen and oxygen atoms in total. The molecule has 3 heterocycles. The van der Waals surface area contributed by atoms with E-state index in [1.807, 2.05) is 48.5 Å². The summed E-state index contributed by atoms with van der Waals surface area (Å²) in [4.78, 5) is 49.2. The van der Waals surface area contributed by atoms with Crippen LogP contribution in [0, 0.1) is 0 Å². The van der Waals surface area contributed by atoms with E-state index in [0.717, 1.165) is 119 Å². The monoisotopic (exact) mass is 1280 g/mol. The highest BCUT2D eigenvalue weighted by atomic mass is 16.5. The quantitative estimate of drug-likeness (QED) is 0.0404. The second-order valence-corrected chi connectivity index (χ2v) is 26.1. The summed E-state index contributed by atoms with van der Waals surface area (Å²) in [6.07, 6.45) is 59.6. The van der Waals surface area contributed by atoms with Crippen LogP contribution in [0.25, 0.3) is 0 Å². The summed E-state index contributed by atoms with van der Waals surface area (Å²) in [7, 11) is 0. The van der Waals surface area contributed by atoms with Crippen molar-refractivity contribution in [3.05, 3.63) is 70.8 Å². The van der Waals surface area contributed by atoms with Crippen LogP contribution in [0.2, 0.25) is 0 Å². The topological polar surface area (TPSA) is 190 Å². The number of amides is 3. The molecule has 524 valence electrons. The van der Waals surface area contributed by atoms with Crippen molar-refractivity contribution in [2.45, 2.75) is 309 Å². The van der Waals surface area contributed by atoms with E-state index in [0.29, 0.717) is 57.2 Å². The van der Waals surface area contributed by atoms with Gasteiger partial charge in [-0.25, -0.2) is 15.0 Å². The molecule has 5 rings (SSSR count). The van der Waals surface area contributed by atoms with Gasteiger partial charge in [0.2, 0.25) is 29.5 Å². The fourth-order valence-corrected chi connectivity index (χ4v) is 12.0. The molecule has 0 spiro atoms. The standard InChI is InChI=1S/C39H68N4O3.C27H56N2O.C12H12N2O2/c1-2-3-4-5-6-7-8-9-10-11-12-13-14-16-20-23-29-41-37(44)27-21-18-15-17-19-22-28-40-30-31-42-38(45)35-25-24-26-36(34-35)39-43-32-33-46-39;1-2-3-4-5-6-7-8-9-10-11-12-13-14-17-20-23-26-29-27(30)24-21-18-15-16-19-22-25-28;1-2-9(11-13-4-6-15-11)8-10(3-1)12-14-5-7-16-12/h24-26,34,40H,2-23,27-33H2,1H3,(H,41,44)(H,42,45);2-26,28H2,1H3,(H,29,30);1-3,8H,4-7H2. The van der Waals surface area contributed by atoms with Crippen molar-refractivity contribution < 1.29 is 28.6 Å². The van der Waals surface area contributed by atoms with Gasteiger partial charge >= 0.3 is 0 Å². The minimum atomic E-state index is -0.0730. The Labute approximate surface area is 562 Å². The summed E-state index contributed by atoms with van der Waals surface area (Å²) in [5.41, 5.74) is 8.96. The Balaban J connectivity index is 0.000000406. The molecule has 0 fully saturated rings. The molecule has 14 heteroatoms. The van der Waals surface area contributed by atoms with Gasteiger partial charge in [-0.2, -0.15) is 0 Å². The number of nitrogens with two attached hydrogens (primary N) is 1. The van der Waals surface area contributed by atoms with Gasteiger partial charge in [-0.1, -0.05) is 270 Å². The zero-order valence-electron chi connectivity index (χ0n) is 59.0. The molecule has 0 unspecified atom stereocenters. The van der Waals surface area contributed by atoms with Gasteiger partial charge in [-0.3, -0.25) is 14.4 Å². The second-order valence-electron chi connectivity index (χ2n) is 26.1. The molecule has 0 aliphatic carbocycles. The van der Waals surface area contributed by atoms with Crippen LogP contribution >= 0.6 is 0 Å². The number of hydrogen-bond donors (Lipinski definition) is 5. The maximum atomic E-state index is 12.4. The Hall–Kier alpha value is -4.82. The van der Waals surface area contributed by atoms with Gasteiger partial charge in [0.05, 0.1) is 19.6 Å². The summed E-state index contributed by atoms with van der Waals surface area (Å²) in [5.74, 6) is 2.47. The van der Waals surface area contributed by atoms with E-state index in [1.165, 1.54) is 238 Å². The largest absolute Gasteiger partial charge is 0.476 e. The van der Waals surface area contributed by atoms with Gasteiger partial charge in [-0.15, -0.1) is 0 Å². The minimum absolute atomic E-state index is 0.0730. The van der Waals surface area contributed by atoms with E-state index in [1.54, 1.807) is 0 Å². The summed E-state index contributed by atoms with van der Waals surface area (Å²) < 4.78 is 16.3. The Bertz CT molecular complexity index is 2150. The highest BCUT2D eigenvalue weighted by molar-refractivity contribution is 6.01. The Morgan fingerprint density at radius 1 is 0.359 bits per heavy atom. The predicted octanol–water partition coefficient (Wildman–Crippen LogP) is 18.2. The zero-order chi connectivity index (χ0) is 65.5. The van der Waals surface area contributed by atoms with E-state index in [9.17, 15) is 14.4 Å². The van der Waals surface area contributed by atoms with Gasteiger partial charge in [0.25, 0.3) is 5.91 Å². The molecular weight excluding hydrogens is 1140 g/mol. The summed E-state index contributed by atoms with van der Waals surface area (Å²) >= 11 is 0. The zero-order valence-corrected chi connectivity index (χ0v) is 59.0. The third-order valence-corrected chi connectivity index (χ3v) is 17.6. The Morgan fingerprint density at radius 2 is 0.674 bits per heavy atom. The van der Waals surface area contributed by atoms with Gasteiger partial charge in [-0.05, 0) is 88.0 Å². The van der Waals surface area contributed by atoms with Crippen LogP contribution in [-0.4, -0.2) is 114 Å². The lowest BCUT2D eigenvalue weighted by Gasteiger charge is -2.08. The molecule has 0 bridgehead atoms. The van der Waals surface area contributed by atoms with E-state index in [-0.39, 0.29) is 17.7 Å². The molecule has 6 N–H and O–H groups in total. The highest BCUT2D eigenvalue weighted by Crippen LogP contribution is 2.18. The maximum absolute atomic E-state index is 12.4. The average Bonchev–Trinajstić information content (AvgIpc) is 1.87. The molecule has 0 atom stereocenters. The number of benzene rings is 2. The Kier molecular flexibility index (Phi) is 54.1. The predicted molar refractivity (Wildman–Crippen MR) is 389 cm³/mol. The molecule has 92 heavy (non-hydrogen) atoms. The van der Waals surface area contributed by atoms with E-state index >= 15 is 0 Å². The molecule has 3 amide bonds. The molecule has 2 aromatic rings. The lowest BCUT2D eigenvalue weighted by molar-refractivity contribution is -0.122. The molecule has 3 aliphatic heterocycles. The van der Waals surface area contributed by atoms with E-state index in [4.69, 9.17) is 19.9 Å². The van der Waals surface area contributed by atoms with Crippen LogP contribution in [0.3, 0.4) is 0 Å². The van der Waals surface area contributed by atoms with Crippen molar-refractivity contribution in [3.8, 4) is 0 Å². The van der Waals surface area contributed by atoms with Crippen LogP contribution in [0.5, 0.6) is 0 Å². The van der Waals surface area contributed by atoms with Crippen LogP contribution in [0.15, 0.2) is 63.5 Å². The molecule has 2 aromatic carbocycles. The fraction of sp³-hybridized carbons (Fsp3) is 0.769. The summed E-state index contributed by atoms with van der Waals surface area (Å²) in [5, 5.41) is 12.6. The first kappa shape index (κ1) is 81.4. The number of hydrogen-bond acceptors (Lipinski definition) is 11. The Morgan fingerprint density at radius 3 is 1.02 bits per heavy atom. The van der Waals surface area contributed by atoms with Crippen molar-refractivity contribution in [2.24, 2.45) is 20.7 Å². The molecule has 0 saturated carbocycles. The fourth-order valence-electron chi connectivity index (χ4n) is 12.0. The van der Waals surface area contributed by atoms with Crippen molar-refractivity contribution in [3.63, 3.8) is 0 Å². The van der Waals surface area contributed by atoms with Gasteiger partial charge in [0.1, 0.15) is 19.8 Å². The summed E-state index contributed by atoms with van der Waals surface area (Å²) in [6, 6.07) is 15.4. The van der Waals surface area contributed by atoms with E-state index < -0.39 is 0 Å². The smallest absolute Gasteiger partial charge is 0.251 e.